The van der Waals surface area contributed by atoms with Crippen molar-refractivity contribution in [2.45, 2.75) is 38.5 Å². The zero-order valence-corrected chi connectivity index (χ0v) is 14.0. The molecule has 2 atom stereocenters. The van der Waals surface area contributed by atoms with E-state index in [2.05, 4.69) is 49.3 Å². The van der Waals surface area contributed by atoms with Crippen LogP contribution in [0.4, 0.5) is 0 Å². The van der Waals surface area contributed by atoms with Crippen molar-refractivity contribution in [2.75, 3.05) is 0 Å². The molecule has 0 aromatic carbocycles. The maximum atomic E-state index is 2.37. The molecule has 0 nitrogen and oxygen atoms in total. The summed E-state index contributed by atoms with van der Waals surface area (Å²) in [6.07, 6.45) is 26.1. The SMILES string of the molecule is C1=CCC2CC[CH-]C2=C1.C1=CCC2CC[CH-]C2=C1.[Zr+2]. The number of allylic oxidation sites excluding steroid dienone is 8. The van der Waals surface area contributed by atoms with Gasteiger partial charge in [0.2, 0.25) is 0 Å². The van der Waals surface area contributed by atoms with Crippen LogP contribution in [-0.2, 0) is 26.2 Å². The third kappa shape index (κ3) is 3.79. The number of fused-ring (bicyclic) bond motifs is 2. The van der Waals surface area contributed by atoms with Gasteiger partial charge in [0.25, 0.3) is 0 Å². The van der Waals surface area contributed by atoms with E-state index in [1.807, 2.05) is 0 Å². The van der Waals surface area contributed by atoms with Gasteiger partial charge in [-0.15, -0.1) is 37.1 Å². The largest absolute Gasteiger partial charge is 2.00 e. The van der Waals surface area contributed by atoms with Crippen molar-refractivity contribution in [3.63, 3.8) is 0 Å². The Hall–Kier alpha value is -0.417. The molecule has 0 radical (unpaired) electrons. The molecule has 0 aliphatic heterocycles. The van der Waals surface area contributed by atoms with E-state index in [0.29, 0.717) is 0 Å². The van der Waals surface area contributed by atoms with Crippen molar-refractivity contribution in [1.82, 2.24) is 0 Å². The summed E-state index contributed by atoms with van der Waals surface area (Å²) in [5.41, 5.74) is 3.16. The van der Waals surface area contributed by atoms with Crippen LogP contribution in [0, 0.1) is 24.7 Å². The van der Waals surface area contributed by atoms with Crippen LogP contribution in [-0.4, -0.2) is 0 Å². The molecule has 2 saturated carbocycles. The monoisotopic (exact) mass is 328 g/mol. The van der Waals surface area contributed by atoms with Crippen LogP contribution < -0.4 is 0 Å². The van der Waals surface area contributed by atoms with E-state index >= 15 is 0 Å². The zero-order valence-electron chi connectivity index (χ0n) is 11.5. The average Bonchev–Trinajstić information content (AvgIpc) is 3.08. The molecule has 4 rings (SSSR count). The Morgan fingerprint density at radius 1 is 0.789 bits per heavy atom. The van der Waals surface area contributed by atoms with E-state index < -0.39 is 0 Å². The number of rotatable bonds is 0. The van der Waals surface area contributed by atoms with E-state index in [0.717, 1.165) is 11.8 Å². The topological polar surface area (TPSA) is 0 Å². The smallest absolute Gasteiger partial charge is 0.227 e. The predicted octanol–water partition coefficient (Wildman–Crippen LogP) is 4.97. The quantitative estimate of drug-likeness (QED) is 0.550. The third-order valence-corrected chi connectivity index (χ3v) is 4.42. The molecule has 2 unspecified atom stereocenters. The van der Waals surface area contributed by atoms with Crippen molar-refractivity contribution in [3.8, 4) is 0 Å². The van der Waals surface area contributed by atoms with Gasteiger partial charge in [0.05, 0.1) is 0 Å². The van der Waals surface area contributed by atoms with Gasteiger partial charge in [0, 0.05) is 0 Å². The van der Waals surface area contributed by atoms with E-state index in [1.165, 1.54) is 38.5 Å². The molecule has 0 aromatic heterocycles. The standard InChI is InChI=1S/2C9H11.Zr/c2*1-2-5-9-7-3-6-8(9)4-1;/h2*1-2,4,6,9H,3,5,7H2;/q2*-1;+2. The predicted molar refractivity (Wildman–Crippen MR) is 77.7 cm³/mol. The Bertz CT molecular complexity index is 371. The van der Waals surface area contributed by atoms with E-state index in [9.17, 15) is 0 Å². The van der Waals surface area contributed by atoms with Crippen LogP contribution in [0.15, 0.2) is 47.6 Å². The summed E-state index contributed by atoms with van der Waals surface area (Å²) in [4.78, 5) is 0. The van der Waals surface area contributed by atoms with Gasteiger partial charge in [0.1, 0.15) is 0 Å². The number of hydrogen-bond acceptors (Lipinski definition) is 0. The van der Waals surface area contributed by atoms with Crippen molar-refractivity contribution in [2.24, 2.45) is 11.8 Å². The van der Waals surface area contributed by atoms with E-state index in [-0.39, 0.29) is 26.2 Å². The van der Waals surface area contributed by atoms with E-state index in [1.54, 1.807) is 11.1 Å². The van der Waals surface area contributed by atoms with Gasteiger partial charge in [-0.1, -0.05) is 12.8 Å². The summed E-state index contributed by atoms with van der Waals surface area (Å²) >= 11 is 0. The minimum Gasteiger partial charge on any atom is -0.227 e. The molecular weight excluding hydrogens is 307 g/mol. The fraction of sp³-hybridized carbons (Fsp3) is 0.444. The third-order valence-electron chi connectivity index (χ3n) is 4.42. The van der Waals surface area contributed by atoms with E-state index in [4.69, 9.17) is 0 Å². The first kappa shape index (κ1) is 15.0. The summed E-state index contributed by atoms with van der Waals surface area (Å²) in [5.74, 6) is 1.77. The summed E-state index contributed by atoms with van der Waals surface area (Å²) in [6.45, 7) is 0. The van der Waals surface area contributed by atoms with Crippen molar-refractivity contribution in [3.05, 3.63) is 60.4 Å². The molecular formula is C18H22Zr. The molecule has 0 aromatic rings. The van der Waals surface area contributed by atoms with Crippen LogP contribution in [0.2, 0.25) is 0 Å². The Morgan fingerprint density at radius 2 is 1.26 bits per heavy atom. The first-order chi connectivity index (χ1) is 8.93. The second kappa shape index (κ2) is 7.39. The maximum absolute atomic E-state index is 2.37. The van der Waals surface area contributed by atoms with Gasteiger partial charge in [-0.25, -0.2) is 36.1 Å². The fourth-order valence-corrected chi connectivity index (χ4v) is 3.33. The molecule has 98 valence electrons. The van der Waals surface area contributed by atoms with Gasteiger partial charge >= 0.3 is 26.2 Å². The second-order valence-electron chi connectivity index (χ2n) is 5.62. The molecule has 0 N–H and O–H groups in total. The second-order valence-corrected chi connectivity index (χ2v) is 5.62. The average molecular weight is 330 g/mol. The molecule has 19 heavy (non-hydrogen) atoms. The van der Waals surface area contributed by atoms with Crippen molar-refractivity contribution < 1.29 is 26.2 Å². The molecule has 0 saturated heterocycles. The molecule has 2 fully saturated rings. The molecule has 0 amide bonds. The Labute approximate surface area is 136 Å². The van der Waals surface area contributed by atoms with Crippen LogP contribution in [0.1, 0.15) is 38.5 Å². The molecule has 1 heteroatoms. The first-order valence-electron chi connectivity index (χ1n) is 7.33. The van der Waals surface area contributed by atoms with Crippen LogP contribution in [0.3, 0.4) is 0 Å². The Morgan fingerprint density at radius 3 is 1.68 bits per heavy atom. The fourth-order valence-electron chi connectivity index (χ4n) is 3.33. The van der Waals surface area contributed by atoms with Gasteiger partial charge < -0.3 is 0 Å². The van der Waals surface area contributed by atoms with Gasteiger partial charge in [-0.05, 0) is 24.7 Å². The normalized spacial score (nSPS) is 29.5. The first-order valence-corrected chi connectivity index (χ1v) is 7.33. The molecule has 4 aliphatic rings. The van der Waals surface area contributed by atoms with Crippen LogP contribution >= 0.6 is 0 Å². The minimum absolute atomic E-state index is 0. The Kier molecular flexibility index (Phi) is 5.83. The summed E-state index contributed by atoms with van der Waals surface area (Å²) in [7, 11) is 0. The summed E-state index contributed by atoms with van der Waals surface area (Å²) in [5, 5.41) is 0. The van der Waals surface area contributed by atoms with Crippen LogP contribution in [0.25, 0.3) is 0 Å². The molecule has 0 spiro atoms. The minimum atomic E-state index is 0. The zero-order chi connectivity index (χ0) is 12.2. The van der Waals surface area contributed by atoms with Crippen molar-refractivity contribution >= 4 is 0 Å². The van der Waals surface area contributed by atoms with Gasteiger partial charge in [-0.3, -0.25) is 0 Å². The maximum Gasteiger partial charge on any atom is 2.00 e. The molecule has 0 heterocycles. The number of hydrogen-bond donors (Lipinski definition) is 0. The Balaban J connectivity index is 0.000000133. The van der Waals surface area contributed by atoms with Crippen molar-refractivity contribution in [1.29, 1.82) is 0 Å². The van der Waals surface area contributed by atoms with Gasteiger partial charge in [0.15, 0.2) is 0 Å². The molecule has 4 aliphatic carbocycles. The van der Waals surface area contributed by atoms with Gasteiger partial charge in [-0.2, -0.15) is 0 Å². The summed E-state index contributed by atoms with van der Waals surface area (Å²) < 4.78 is 0. The molecule has 0 bridgehead atoms. The van der Waals surface area contributed by atoms with Crippen LogP contribution in [0.5, 0.6) is 0 Å². The summed E-state index contributed by atoms with van der Waals surface area (Å²) in [6, 6.07) is 0.